The quantitative estimate of drug-likeness (QED) is 0.833. The minimum absolute atomic E-state index is 0.254. The number of benzene rings is 1. The number of hydrogen-bond acceptors (Lipinski definition) is 1. The van der Waals surface area contributed by atoms with Crippen LogP contribution < -0.4 is 0 Å². The first-order valence-corrected chi connectivity index (χ1v) is 5.01. The number of hydrogen-bond donors (Lipinski definition) is 1. The van der Waals surface area contributed by atoms with Crippen LogP contribution in [0.4, 0.5) is 13.2 Å². The Morgan fingerprint density at radius 3 is 2.07 bits per heavy atom. The molecular weight excluding hydrogens is 273 g/mol. The topological polar surface area (TPSA) is 20.2 Å². The van der Waals surface area contributed by atoms with Gasteiger partial charge in [-0.1, -0.05) is 22.0 Å². The Kier molecular flexibility index (Phi) is 3.16. The predicted molar refractivity (Wildman–Crippen MR) is 54.4 cm³/mol. The van der Waals surface area contributed by atoms with Gasteiger partial charge >= 0.3 is 6.18 Å². The summed E-state index contributed by atoms with van der Waals surface area (Å²) in [5.74, 6) is 0. The van der Waals surface area contributed by atoms with Crippen molar-refractivity contribution in [1.82, 2.24) is 0 Å². The third kappa shape index (κ3) is 2.95. The molecule has 0 aliphatic rings. The van der Waals surface area contributed by atoms with E-state index in [0.717, 1.165) is 12.1 Å². The first kappa shape index (κ1) is 12.5. The molecule has 0 fully saturated rings. The molecule has 0 aliphatic heterocycles. The molecule has 0 unspecified atom stereocenters. The van der Waals surface area contributed by atoms with E-state index in [2.05, 4.69) is 15.9 Å². The molecule has 0 heterocycles. The van der Waals surface area contributed by atoms with Crippen molar-refractivity contribution in [3.63, 3.8) is 0 Å². The SMILES string of the molecule is CC(C)(O)c1ccc(C(F)(F)F)cc1Br. The summed E-state index contributed by atoms with van der Waals surface area (Å²) in [5, 5.41) is 9.65. The summed E-state index contributed by atoms with van der Waals surface area (Å²) in [6.45, 7) is 3.03. The fourth-order valence-electron chi connectivity index (χ4n) is 1.19. The van der Waals surface area contributed by atoms with Gasteiger partial charge in [0, 0.05) is 4.47 Å². The largest absolute Gasteiger partial charge is 0.416 e. The second-order valence-electron chi connectivity index (χ2n) is 3.75. The van der Waals surface area contributed by atoms with Crippen molar-refractivity contribution in [3.05, 3.63) is 33.8 Å². The third-order valence-corrected chi connectivity index (χ3v) is 2.61. The van der Waals surface area contributed by atoms with Crippen LogP contribution in [-0.4, -0.2) is 5.11 Å². The zero-order chi connectivity index (χ0) is 11.9. The zero-order valence-electron chi connectivity index (χ0n) is 8.19. The smallest absolute Gasteiger partial charge is 0.386 e. The Hall–Kier alpha value is -0.550. The monoisotopic (exact) mass is 282 g/mol. The van der Waals surface area contributed by atoms with E-state index in [4.69, 9.17) is 0 Å². The van der Waals surface area contributed by atoms with Crippen molar-refractivity contribution in [3.8, 4) is 0 Å². The van der Waals surface area contributed by atoms with Crippen LogP contribution in [0.5, 0.6) is 0 Å². The van der Waals surface area contributed by atoms with E-state index in [0.29, 0.717) is 5.56 Å². The molecule has 0 spiro atoms. The van der Waals surface area contributed by atoms with Crippen molar-refractivity contribution >= 4 is 15.9 Å². The maximum atomic E-state index is 12.3. The molecule has 0 atom stereocenters. The van der Waals surface area contributed by atoms with E-state index < -0.39 is 17.3 Å². The molecule has 1 rings (SSSR count). The molecule has 84 valence electrons. The van der Waals surface area contributed by atoms with Crippen LogP contribution in [0.25, 0.3) is 0 Å². The van der Waals surface area contributed by atoms with Crippen molar-refractivity contribution in [1.29, 1.82) is 0 Å². The van der Waals surface area contributed by atoms with Crippen LogP contribution in [0.3, 0.4) is 0 Å². The first-order chi connectivity index (χ1) is 6.62. The molecule has 15 heavy (non-hydrogen) atoms. The summed E-state index contributed by atoms with van der Waals surface area (Å²) >= 11 is 3.02. The van der Waals surface area contributed by atoms with E-state index in [1.807, 2.05) is 0 Å². The van der Waals surface area contributed by atoms with Crippen LogP contribution >= 0.6 is 15.9 Å². The molecule has 5 heteroatoms. The maximum Gasteiger partial charge on any atom is 0.416 e. The normalized spacial score (nSPS) is 13.0. The van der Waals surface area contributed by atoms with Crippen LogP contribution in [0.2, 0.25) is 0 Å². The van der Waals surface area contributed by atoms with Gasteiger partial charge in [0.2, 0.25) is 0 Å². The minimum Gasteiger partial charge on any atom is -0.386 e. The Morgan fingerprint density at radius 2 is 1.73 bits per heavy atom. The van der Waals surface area contributed by atoms with Crippen molar-refractivity contribution in [2.24, 2.45) is 0 Å². The summed E-state index contributed by atoms with van der Waals surface area (Å²) in [7, 11) is 0. The van der Waals surface area contributed by atoms with E-state index in [1.165, 1.54) is 19.9 Å². The highest BCUT2D eigenvalue weighted by atomic mass is 79.9. The molecule has 1 nitrogen and oxygen atoms in total. The van der Waals surface area contributed by atoms with Crippen molar-refractivity contribution < 1.29 is 18.3 Å². The van der Waals surface area contributed by atoms with Gasteiger partial charge in [0.05, 0.1) is 11.2 Å². The fourth-order valence-corrected chi connectivity index (χ4v) is 2.05. The summed E-state index contributed by atoms with van der Waals surface area (Å²) in [4.78, 5) is 0. The number of aliphatic hydroxyl groups is 1. The molecule has 0 radical (unpaired) electrons. The van der Waals surface area contributed by atoms with Gasteiger partial charge in [-0.15, -0.1) is 0 Å². The fraction of sp³-hybridized carbons (Fsp3) is 0.400. The van der Waals surface area contributed by atoms with Gasteiger partial charge in [-0.3, -0.25) is 0 Å². The lowest BCUT2D eigenvalue weighted by Gasteiger charge is -2.20. The summed E-state index contributed by atoms with van der Waals surface area (Å²) in [6.07, 6.45) is -4.36. The summed E-state index contributed by atoms with van der Waals surface area (Å²) < 4.78 is 37.2. The third-order valence-electron chi connectivity index (χ3n) is 1.96. The first-order valence-electron chi connectivity index (χ1n) is 4.22. The van der Waals surface area contributed by atoms with Crippen LogP contribution in [0.15, 0.2) is 22.7 Å². The second-order valence-corrected chi connectivity index (χ2v) is 4.61. The van der Waals surface area contributed by atoms with Crippen LogP contribution in [0, 0.1) is 0 Å². The van der Waals surface area contributed by atoms with Crippen molar-refractivity contribution in [2.45, 2.75) is 25.6 Å². The Bertz CT molecular complexity index is 366. The van der Waals surface area contributed by atoms with Gasteiger partial charge in [0.15, 0.2) is 0 Å². The Balaban J connectivity index is 3.21. The second kappa shape index (κ2) is 3.79. The van der Waals surface area contributed by atoms with Gasteiger partial charge in [0.1, 0.15) is 0 Å². The van der Waals surface area contributed by atoms with Crippen LogP contribution in [-0.2, 0) is 11.8 Å². The molecule has 0 aliphatic carbocycles. The van der Waals surface area contributed by atoms with Crippen molar-refractivity contribution in [2.75, 3.05) is 0 Å². The maximum absolute atomic E-state index is 12.3. The predicted octanol–water partition coefficient (Wildman–Crippen LogP) is 3.70. The number of rotatable bonds is 1. The molecule has 0 aromatic heterocycles. The lowest BCUT2D eigenvalue weighted by atomic mass is 9.97. The summed E-state index contributed by atoms with van der Waals surface area (Å²) in [6, 6.07) is 3.19. The van der Waals surface area contributed by atoms with E-state index in [-0.39, 0.29) is 4.47 Å². The average Bonchev–Trinajstić information content (AvgIpc) is 1.99. The molecule has 0 amide bonds. The van der Waals surface area contributed by atoms with Gasteiger partial charge in [0.25, 0.3) is 0 Å². The van der Waals surface area contributed by atoms with E-state index >= 15 is 0 Å². The molecule has 0 saturated heterocycles. The Labute approximate surface area is 94.0 Å². The number of alkyl halides is 3. The number of halogens is 4. The molecule has 0 saturated carbocycles. The molecule has 0 bridgehead atoms. The Morgan fingerprint density at radius 1 is 1.20 bits per heavy atom. The van der Waals surface area contributed by atoms with Gasteiger partial charge in [-0.2, -0.15) is 13.2 Å². The van der Waals surface area contributed by atoms with E-state index in [9.17, 15) is 18.3 Å². The standard InChI is InChI=1S/C10H10BrF3O/c1-9(2,15)7-4-3-6(5-8(7)11)10(12,13)14/h3-5,15H,1-2H3. The van der Waals surface area contributed by atoms with Gasteiger partial charge in [-0.05, 0) is 31.5 Å². The molecule has 1 aromatic carbocycles. The average molecular weight is 283 g/mol. The molecule has 1 aromatic rings. The summed E-state index contributed by atoms with van der Waals surface area (Å²) in [5.41, 5.74) is -1.47. The minimum atomic E-state index is -4.36. The highest BCUT2D eigenvalue weighted by Crippen LogP contribution is 2.35. The molecule has 1 N–H and O–H groups in total. The lowest BCUT2D eigenvalue weighted by Crippen LogP contribution is -2.17. The highest BCUT2D eigenvalue weighted by Gasteiger charge is 2.31. The van der Waals surface area contributed by atoms with Crippen LogP contribution in [0.1, 0.15) is 25.0 Å². The van der Waals surface area contributed by atoms with Gasteiger partial charge in [-0.25, -0.2) is 0 Å². The highest BCUT2D eigenvalue weighted by molar-refractivity contribution is 9.10. The molecular formula is C10H10BrF3O. The van der Waals surface area contributed by atoms with E-state index in [1.54, 1.807) is 0 Å². The zero-order valence-corrected chi connectivity index (χ0v) is 9.78. The van der Waals surface area contributed by atoms with Gasteiger partial charge < -0.3 is 5.11 Å². The lowest BCUT2D eigenvalue weighted by molar-refractivity contribution is -0.137.